The number of hydrogen-bond donors (Lipinski definition) is 1. The van der Waals surface area contributed by atoms with Gasteiger partial charge in [0.15, 0.2) is 5.78 Å². The lowest BCUT2D eigenvalue weighted by molar-refractivity contribution is 0.101. The minimum absolute atomic E-state index is 0.0518. The summed E-state index contributed by atoms with van der Waals surface area (Å²) < 4.78 is 26.1. The summed E-state index contributed by atoms with van der Waals surface area (Å²) in [4.78, 5) is 11.3. The zero-order valence-electron chi connectivity index (χ0n) is 9.36. The van der Waals surface area contributed by atoms with Crippen LogP contribution < -0.4 is 4.72 Å². The molecule has 0 saturated heterocycles. The van der Waals surface area contributed by atoms with Gasteiger partial charge >= 0.3 is 0 Å². The standard InChI is InChI=1S/C11H15NO3S/c1-3-8-12-16(14,15)11-7-5-4-6-10(11)9(2)13/h4-7,12H,3,8H2,1-2H3. The second-order valence-electron chi connectivity index (χ2n) is 3.45. The Morgan fingerprint density at radius 2 is 1.94 bits per heavy atom. The first kappa shape index (κ1) is 12.9. The molecule has 4 nitrogen and oxygen atoms in total. The summed E-state index contributed by atoms with van der Waals surface area (Å²) in [5.41, 5.74) is 0.228. The Balaban J connectivity index is 3.17. The summed E-state index contributed by atoms with van der Waals surface area (Å²) in [7, 11) is -3.57. The first-order chi connectivity index (χ1) is 7.49. The van der Waals surface area contributed by atoms with Crippen molar-refractivity contribution in [3.63, 3.8) is 0 Å². The predicted octanol–water partition coefficient (Wildman–Crippen LogP) is 1.58. The SMILES string of the molecule is CCCNS(=O)(=O)c1ccccc1C(C)=O. The van der Waals surface area contributed by atoms with E-state index in [0.717, 1.165) is 0 Å². The van der Waals surface area contributed by atoms with E-state index in [9.17, 15) is 13.2 Å². The molecule has 0 spiro atoms. The van der Waals surface area contributed by atoms with Crippen molar-refractivity contribution < 1.29 is 13.2 Å². The molecule has 0 amide bonds. The Morgan fingerprint density at radius 1 is 1.31 bits per heavy atom. The maximum Gasteiger partial charge on any atom is 0.241 e. The highest BCUT2D eigenvalue weighted by atomic mass is 32.2. The predicted molar refractivity (Wildman–Crippen MR) is 61.9 cm³/mol. The Morgan fingerprint density at radius 3 is 2.50 bits per heavy atom. The molecule has 5 heteroatoms. The fourth-order valence-corrected chi connectivity index (χ4v) is 2.69. The normalized spacial score (nSPS) is 11.4. The number of hydrogen-bond acceptors (Lipinski definition) is 3. The van der Waals surface area contributed by atoms with E-state index in [0.29, 0.717) is 13.0 Å². The van der Waals surface area contributed by atoms with Gasteiger partial charge < -0.3 is 0 Å². The van der Waals surface area contributed by atoms with Crippen LogP contribution in [-0.2, 0) is 10.0 Å². The lowest BCUT2D eigenvalue weighted by Crippen LogP contribution is -2.25. The summed E-state index contributed by atoms with van der Waals surface area (Å²) in [6, 6.07) is 6.21. The van der Waals surface area contributed by atoms with Crippen LogP contribution in [0.3, 0.4) is 0 Å². The van der Waals surface area contributed by atoms with Gasteiger partial charge in [-0.1, -0.05) is 25.1 Å². The van der Waals surface area contributed by atoms with Crippen LogP contribution in [0, 0.1) is 0 Å². The van der Waals surface area contributed by atoms with Gasteiger partial charge in [0.2, 0.25) is 10.0 Å². The summed E-state index contributed by atoms with van der Waals surface area (Å²) in [6.07, 6.45) is 0.710. The van der Waals surface area contributed by atoms with E-state index in [-0.39, 0.29) is 16.2 Å². The third kappa shape index (κ3) is 2.90. The molecule has 1 N–H and O–H groups in total. The quantitative estimate of drug-likeness (QED) is 0.796. The highest BCUT2D eigenvalue weighted by Gasteiger charge is 2.19. The average molecular weight is 241 g/mol. The third-order valence-corrected chi connectivity index (χ3v) is 3.62. The van der Waals surface area contributed by atoms with E-state index in [1.165, 1.54) is 19.1 Å². The number of carbonyl (C=O) groups excluding carboxylic acids is 1. The van der Waals surface area contributed by atoms with Crippen molar-refractivity contribution in [1.29, 1.82) is 0 Å². The maximum atomic E-state index is 11.9. The minimum Gasteiger partial charge on any atom is -0.294 e. The van der Waals surface area contributed by atoms with Crippen molar-refractivity contribution in [2.24, 2.45) is 0 Å². The topological polar surface area (TPSA) is 63.2 Å². The Bertz CT molecular complexity index is 480. The molecule has 0 unspecified atom stereocenters. The van der Waals surface area contributed by atoms with Crippen LogP contribution in [0.25, 0.3) is 0 Å². The second-order valence-corrected chi connectivity index (χ2v) is 5.19. The highest BCUT2D eigenvalue weighted by molar-refractivity contribution is 7.89. The Kier molecular flexibility index (Phi) is 4.20. The number of Topliss-reactive ketones (excluding diaryl/α,β-unsaturated/α-hetero) is 1. The average Bonchev–Trinajstić information content (AvgIpc) is 2.26. The number of rotatable bonds is 5. The zero-order chi connectivity index (χ0) is 12.2. The van der Waals surface area contributed by atoms with Crippen molar-refractivity contribution in [2.75, 3.05) is 6.54 Å². The van der Waals surface area contributed by atoms with Gasteiger partial charge in [0.25, 0.3) is 0 Å². The Labute approximate surface area is 95.7 Å². The van der Waals surface area contributed by atoms with E-state index < -0.39 is 10.0 Å². The van der Waals surface area contributed by atoms with Gasteiger partial charge in [-0.2, -0.15) is 0 Å². The van der Waals surface area contributed by atoms with Gasteiger partial charge in [0.05, 0.1) is 4.90 Å². The largest absolute Gasteiger partial charge is 0.294 e. The molecule has 0 atom stereocenters. The minimum atomic E-state index is -3.57. The summed E-state index contributed by atoms with van der Waals surface area (Å²) in [5, 5.41) is 0. The molecule has 0 bridgehead atoms. The lowest BCUT2D eigenvalue weighted by atomic mass is 10.1. The van der Waals surface area contributed by atoms with Gasteiger partial charge in [0, 0.05) is 12.1 Å². The maximum absolute atomic E-state index is 11.9. The number of benzene rings is 1. The van der Waals surface area contributed by atoms with Crippen molar-refractivity contribution in [3.8, 4) is 0 Å². The van der Waals surface area contributed by atoms with Crippen LogP contribution in [-0.4, -0.2) is 20.7 Å². The molecular weight excluding hydrogens is 226 g/mol. The van der Waals surface area contributed by atoms with E-state index in [1.807, 2.05) is 6.92 Å². The van der Waals surface area contributed by atoms with Crippen LogP contribution in [0.4, 0.5) is 0 Å². The first-order valence-electron chi connectivity index (χ1n) is 5.08. The summed E-state index contributed by atoms with van der Waals surface area (Å²) in [5.74, 6) is -0.252. The number of carbonyl (C=O) groups is 1. The van der Waals surface area contributed by atoms with E-state index in [1.54, 1.807) is 12.1 Å². The fraction of sp³-hybridized carbons (Fsp3) is 0.364. The van der Waals surface area contributed by atoms with Gasteiger partial charge in [-0.25, -0.2) is 13.1 Å². The molecule has 1 rings (SSSR count). The van der Waals surface area contributed by atoms with Gasteiger partial charge in [0.1, 0.15) is 0 Å². The third-order valence-electron chi connectivity index (χ3n) is 2.10. The van der Waals surface area contributed by atoms with Crippen LogP contribution in [0.15, 0.2) is 29.2 Å². The number of nitrogens with one attached hydrogen (secondary N) is 1. The van der Waals surface area contributed by atoms with E-state index >= 15 is 0 Å². The van der Waals surface area contributed by atoms with Gasteiger partial charge in [-0.3, -0.25) is 4.79 Å². The van der Waals surface area contributed by atoms with Crippen LogP contribution in [0.5, 0.6) is 0 Å². The highest BCUT2D eigenvalue weighted by Crippen LogP contribution is 2.15. The molecule has 16 heavy (non-hydrogen) atoms. The van der Waals surface area contributed by atoms with Gasteiger partial charge in [-0.15, -0.1) is 0 Å². The molecule has 0 aliphatic heterocycles. The molecular formula is C11H15NO3S. The molecule has 0 aromatic heterocycles. The van der Waals surface area contributed by atoms with E-state index in [4.69, 9.17) is 0 Å². The molecule has 1 aromatic rings. The Hall–Kier alpha value is -1.20. The smallest absolute Gasteiger partial charge is 0.241 e. The number of ketones is 1. The lowest BCUT2D eigenvalue weighted by Gasteiger charge is -2.08. The molecule has 0 saturated carbocycles. The summed E-state index contributed by atoms with van der Waals surface area (Å²) in [6.45, 7) is 3.60. The zero-order valence-corrected chi connectivity index (χ0v) is 10.2. The molecule has 1 aromatic carbocycles. The molecule has 0 fully saturated rings. The van der Waals surface area contributed by atoms with Gasteiger partial charge in [-0.05, 0) is 19.4 Å². The van der Waals surface area contributed by atoms with Crippen LogP contribution in [0.1, 0.15) is 30.6 Å². The number of sulfonamides is 1. The van der Waals surface area contributed by atoms with Crippen LogP contribution >= 0.6 is 0 Å². The second kappa shape index (κ2) is 5.23. The first-order valence-corrected chi connectivity index (χ1v) is 6.57. The monoisotopic (exact) mass is 241 g/mol. The molecule has 0 aliphatic rings. The fourth-order valence-electron chi connectivity index (χ4n) is 1.31. The van der Waals surface area contributed by atoms with Crippen molar-refractivity contribution in [3.05, 3.63) is 29.8 Å². The molecule has 0 aliphatic carbocycles. The van der Waals surface area contributed by atoms with Crippen molar-refractivity contribution in [1.82, 2.24) is 4.72 Å². The molecule has 0 heterocycles. The van der Waals surface area contributed by atoms with Crippen molar-refractivity contribution >= 4 is 15.8 Å². The van der Waals surface area contributed by atoms with E-state index in [2.05, 4.69) is 4.72 Å². The summed E-state index contributed by atoms with van der Waals surface area (Å²) >= 11 is 0. The van der Waals surface area contributed by atoms with Crippen LogP contribution in [0.2, 0.25) is 0 Å². The van der Waals surface area contributed by atoms with Crippen molar-refractivity contribution in [2.45, 2.75) is 25.2 Å². The molecule has 88 valence electrons. The molecule has 0 radical (unpaired) electrons.